The maximum absolute atomic E-state index is 8.95. The summed E-state index contributed by atoms with van der Waals surface area (Å²) in [5, 5.41) is 12.3. The third-order valence-electron chi connectivity index (χ3n) is 2.69. The Bertz CT molecular complexity index is 315. The summed E-state index contributed by atoms with van der Waals surface area (Å²) < 4.78 is 5.31. The van der Waals surface area contributed by atoms with Gasteiger partial charge >= 0.3 is 0 Å². The highest BCUT2D eigenvalue weighted by molar-refractivity contribution is 5.35. The number of rotatable bonds is 6. The zero-order valence-corrected chi connectivity index (χ0v) is 10.2. The Balaban J connectivity index is 2.61. The van der Waals surface area contributed by atoms with Gasteiger partial charge in [-0.05, 0) is 18.9 Å². The Kier molecular flexibility index (Phi) is 5.29. The fourth-order valence-corrected chi connectivity index (χ4v) is 1.58. The predicted octanol–water partition coefficient (Wildman–Crippen LogP) is 1.97. The second kappa shape index (κ2) is 6.51. The van der Waals surface area contributed by atoms with E-state index in [4.69, 9.17) is 9.84 Å². The molecule has 3 nitrogen and oxygen atoms in total. The van der Waals surface area contributed by atoms with E-state index in [-0.39, 0.29) is 18.6 Å². The Morgan fingerprint density at radius 3 is 2.62 bits per heavy atom. The summed E-state index contributed by atoms with van der Waals surface area (Å²) in [7, 11) is 1.68. The summed E-state index contributed by atoms with van der Waals surface area (Å²) in [4.78, 5) is 0. The smallest absolute Gasteiger partial charge is 0.123 e. The van der Waals surface area contributed by atoms with Gasteiger partial charge in [-0.3, -0.25) is 0 Å². The Morgan fingerprint density at radius 1 is 1.31 bits per heavy atom. The molecule has 1 aromatic rings. The molecule has 0 radical (unpaired) electrons. The molecule has 0 aliphatic carbocycles. The highest BCUT2D eigenvalue weighted by Crippen LogP contribution is 2.24. The molecule has 90 valence electrons. The van der Waals surface area contributed by atoms with Gasteiger partial charge in [0.25, 0.3) is 0 Å². The molecular formula is C13H21NO2. The molecule has 0 aliphatic heterocycles. The van der Waals surface area contributed by atoms with Gasteiger partial charge in [-0.2, -0.15) is 0 Å². The number of nitrogens with one attached hydrogen (secondary N) is 1. The van der Waals surface area contributed by atoms with Gasteiger partial charge in [0.2, 0.25) is 0 Å². The normalized spacial score (nSPS) is 14.5. The van der Waals surface area contributed by atoms with Gasteiger partial charge in [0.15, 0.2) is 0 Å². The van der Waals surface area contributed by atoms with E-state index < -0.39 is 0 Å². The van der Waals surface area contributed by atoms with Crippen molar-refractivity contribution in [3.05, 3.63) is 29.8 Å². The molecule has 1 unspecified atom stereocenters. The lowest BCUT2D eigenvalue weighted by atomic mass is 10.1. The highest BCUT2D eigenvalue weighted by Gasteiger charge is 2.10. The van der Waals surface area contributed by atoms with Crippen LogP contribution in [0.1, 0.15) is 25.5 Å². The number of aliphatic hydroxyl groups excluding tert-OH is 1. The van der Waals surface area contributed by atoms with Crippen molar-refractivity contribution < 1.29 is 9.84 Å². The largest absolute Gasteiger partial charge is 0.496 e. The maximum atomic E-state index is 8.95. The minimum atomic E-state index is 0.214. The molecule has 0 aromatic heterocycles. The topological polar surface area (TPSA) is 41.5 Å². The minimum absolute atomic E-state index is 0.214. The summed E-state index contributed by atoms with van der Waals surface area (Å²) in [6.07, 6.45) is 0. The molecule has 16 heavy (non-hydrogen) atoms. The average Bonchev–Trinajstić information content (AvgIpc) is 2.35. The van der Waals surface area contributed by atoms with E-state index in [1.165, 1.54) is 0 Å². The lowest BCUT2D eigenvalue weighted by Crippen LogP contribution is -2.26. The number of methoxy groups -OCH3 is 1. The summed E-state index contributed by atoms with van der Waals surface area (Å²) in [5.41, 5.74) is 1.15. The van der Waals surface area contributed by atoms with Gasteiger partial charge in [0.1, 0.15) is 5.75 Å². The molecule has 3 heteroatoms. The minimum Gasteiger partial charge on any atom is -0.496 e. The summed E-state index contributed by atoms with van der Waals surface area (Å²) in [6.45, 7) is 5.13. The number of ether oxygens (including phenoxy) is 1. The molecular weight excluding hydrogens is 202 g/mol. The van der Waals surface area contributed by atoms with Crippen LogP contribution in [-0.2, 0) is 0 Å². The molecule has 1 aromatic carbocycles. The van der Waals surface area contributed by atoms with Crippen molar-refractivity contribution in [3.63, 3.8) is 0 Å². The van der Waals surface area contributed by atoms with Crippen LogP contribution in [0, 0.1) is 5.92 Å². The van der Waals surface area contributed by atoms with Crippen molar-refractivity contribution in [3.8, 4) is 5.75 Å². The molecule has 0 fully saturated rings. The number of hydrogen-bond donors (Lipinski definition) is 2. The first-order valence-electron chi connectivity index (χ1n) is 5.66. The van der Waals surface area contributed by atoms with E-state index >= 15 is 0 Å². The second-order valence-electron chi connectivity index (χ2n) is 4.16. The first-order valence-corrected chi connectivity index (χ1v) is 5.66. The summed E-state index contributed by atoms with van der Waals surface area (Å²) in [5.74, 6) is 1.18. The monoisotopic (exact) mass is 223 g/mol. The van der Waals surface area contributed by atoms with Gasteiger partial charge in [-0.15, -0.1) is 0 Å². The van der Waals surface area contributed by atoms with Crippen molar-refractivity contribution >= 4 is 0 Å². The zero-order chi connectivity index (χ0) is 12.0. The van der Waals surface area contributed by atoms with Crippen LogP contribution in [0.3, 0.4) is 0 Å². The van der Waals surface area contributed by atoms with Crippen LogP contribution >= 0.6 is 0 Å². The lowest BCUT2D eigenvalue weighted by Gasteiger charge is -2.19. The Labute approximate surface area is 97.4 Å². The van der Waals surface area contributed by atoms with Crippen LogP contribution in [-0.4, -0.2) is 25.4 Å². The molecule has 2 N–H and O–H groups in total. The second-order valence-corrected chi connectivity index (χ2v) is 4.16. The molecule has 0 aliphatic rings. The van der Waals surface area contributed by atoms with E-state index in [0.717, 1.165) is 17.9 Å². The van der Waals surface area contributed by atoms with E-state index in [2.05, 4.69) is 18.3 Å². The lowest BCUT2D eigenvalue weighted by molar-refractivity contribution is 0.230. The van der Waals surface area contributed by atoms with E-state index in [9.17, 15) is 0 Å². The van der Waals surface area contributed by atoms with Gasteiger partial charge in [0, 0.05) is 24.8 Å². The van der Waals surface area contributed by atoms with Crippen LogP contribution in [0.5, 0.6) is 5.75 Å². The van der Waals surface area contributed by atoms with Gasteiger partial charge in [-0.1, -0.05) is 25.1 Å². The van der Waals surface area contributed by atoms with Crippen LogP contribution in [0.15, 0.2) is 24.3 Å². The third-order valence-corrected chi connectivity index (χ3v) is 2.69. The van der Waals surface area contributed by atoms with Crippen molar-refractivity contribution in [2.45, 2.75) is 19.9 Å². The first kappa shape index (κ1) is 13.0. The number of para-hydroxylation sites is 1. The zero-order valence-electron chi connectivity index (χ0n) is 10.2. The van der Waals surface area contributed by atoms with Crippen LogP contribution in [0.25, 0.3) is 0 Å². The standard InChI is InChI=1S/C13H21NO2/c1-10(9-15)8-14-11(2)12-6-4-5-7-13(12)16-3/h4-7,10-11,14-15H,8-9H2,1-3H3/t10?,11-/m0/s1. The average molecular weight is 223 g/mol. The van der Waals surface area contributed by atoms with E-state index in [1.807, 2.05) is 25.1 Å². The molecule has 0 amide bonds. The molecule has 0 heterocycles. The van der Waals surface area contributed by atoms with Crippen molar-refractivity contribution in [1.82, 2.24) is 5.32 Å². The number of hydrogen-bond acceptors (Lipinski definition) is 3. The quantitative estimate of drug-likeness (QED) is 0.774. The summed E-state index contributed by atoms with van der Waals surface area (Å²) in [6, 6.07) is 8.21. The van der Waals surface area contributed by atoms with Crippen LogP contribution in [0.4, 0.5) is 0 Å². The number of aliphatic hydroxyl groups is 1. The van der Waals surface area contributed by atoms with Crippen molar-refractivity contribution in [2.24, 2.45) is 5.92 Å². The molecule has 0 saturated heterocycles. The van der Waals surface area contributed by atoms with Crippen molar-refractivity contribution in [1.29, 1.82) is 0 Å². The van der Waals surface area contributed by atoms with Crippen LogP contribution in [0.2, 0.25) is 0 Å². The third kappa shape index (κ3) is 3.51. The Hall–Kier alpha value is -1.06. The fourth-order valence-electron chi connectivity index (χ4n) is 1.58. The molecule has 0 bridgehead atoms. The van der Waals surface area contributed by atoms with Gasteiger partial charge in [-0.25, -0.2) is 0 Å². The van der Waals surface area contributed by atoms with Crippen LogP contribution < -0.4 is 10.1 Å². The maximum Gasteiger partial charge on any atom is 0.123 e. The first-order chi connectivity index (χ1) is 7.69. The fraction of sp³-hybridized carbons (Fsp3) is 0.538. The summed E-state index contributed by atoms with van der Waals surface area (Å²) >= 11 is 0. The van der Waals surface area contributed by atoms with E-state index in [1.54, 1.807) is 7.11 Å². The predicted molar refractivity (Wildman–Crippen MR) is 65.7 cm³/mol. The molecule has 1 rings (SSSR count). The van der Waals surface area contributed by atoms with Gasteiger partial charge in [0.05, 0.1) is 7.11 Å². The molecule has 2 atom stereocenters. The van der Waals surface area contributed by atoms with E-state index in [0.29, 0.717) is 0 Å². The Morgan fingerprint density at radius 2 is 2.00 bits per heavy atom. The highest BCUT2D eigenvalue weighted by atomic mass is 16.5. The number of benzene rings is 1. The molecule has 0 saturated carbocycles. The molecule has 0 spiro atoms. The van der Waals surface area contributed by atoms with Gasteiger partial charge < -0.3 is 15.2 Å². The SMILES string of the molecule is COc1ccccc1[C@H](C)NCC(C)CO. The van der Waals surface area contributed by atoms with Crippen molar-refractivity contribution in [2.75, 3.05) is 20.3 Å².